The van der Waals surface area contributed by atoms with Crippen LogP contribution in [-0.4, -0.2) is 38.1 Å². The first-order valence-electron chi connectivity index (χ1n) is 4.13. The minimum Gasteiger partial charge on any atom is -0.662 e. The van der Waals surface area contributed by atoms with Crippen LogP contribution in [-0.2, 0) is 18.6 Å². The Morgan fingerprint density at radius 2 is 1.73 bits per heavy atom. The van der Waals surface area contributed by atoms with Crippen LogP contribution in [0.15, 0.2) is 0 Å². The summed E-state index contributed by atoms with van der Waals surface area (Å²) in [5, 5.41) is 4.36. The molecule has 2 fully saturated rings. The average Bonchev–Trinajstić information content (AvgIpc) is 1.87. The predicted molar refractivity (Wildman–Crippen MR) is 42.3 cm³/mol. The topological polar surface area (TPSA) is 17.3 Å². The van der Waals surface area contributed by atoms with Gasteiger partial charge in [-0.1, -0.05) is 12.8 Å². The standard InChI is InChI=1S/C8H15N2.V/c1-10-6-8(7-10)2-4-9-5-3-8;/h2-7H2,1H3;/q-1;. The van der Waals surface area contributed by atoms with E-state index in [0.717, 1.165) is 13.1 Å². The summed E-state index contributed by atoms with van der Waals surface area (Å²) in [5.41, 5.74) is 0.705. The van der Waals surface area contributed by atoms with Crippen molar-refractivity contribution in [1.29, 1.82) is 0 Å². The van der Waals surface area contributed by atoms with E-state index >= 15 is 0 Å². The van der Waals surface area contributed by atoms with Crippen molar-refractivity contribution >= 4 is 0 Å². The van der Waals surface area contributed by atoms with Crippen molar-refractivity contribution < 1.29 is 18.6 Å². The molecule has 1 radical (unpaired) electrons. The molecule has 0 amide bonds. The van der Waals surface area contributed by atoms with Crippen LogP contribution in [0, 0.1) is 5.41 Å². The minimum atomic E-state index is 0. The van der Waals surface area contributed by atoms with E-state index in [0.29, 0.717) is 5.41 Å². The van der Waals surface area contributed by atoms with Crippen LogP contribution >= 0.6 is 0 Å². The van der Waals surface area contributed by atoms with Crippen LogP contribution in [0.2, 0.25) is 0 Å². The number of nitrogens with zero attached hydrogens (tertiary/aromatic N) is 2. The molecule has 1 spiro atoms. The Balaban J connectivity index is 0.000000605. The van der Waals surface area contributed by atoms with E-state index in [4.69, 9.17) is 0 Å². The Labute approximate surface area is 80.6 Å². The maximum Gasteiger partial charge on any atom is 0.00462 e. The smallest absolute Gasteiger partial charge is 0.00462 e. The van der Waals surface area contributed by atoms with E-state index in [2.05, 4.69) is 17.3 Å². The van der Waals surface area contributed by atoms with E-state index in [1.165, 1.54) is 25.9 Å². The molecule has 3 heteroatoms. The molecule has 0 saturated carbocycles. The summed E-state index contributed by atoms with van der Waals surface area (Å²) in [5.74, 6) is 0. The fraction of sp³-hybridized carbons (Fsp3) is 1.00. The summed E-state index contributed by atoms with van der Waals surface area (Å²) < 4.78 is 0. The van der Waals surface area contributed by atoms with Crippen molar-refractivity contribution in [3.8, 4) is 0 Å². The van der Waals surface area contributed by atoms with Gasteiger partial charge in [-0.3, -0.25) is 0 Å². The molecule has 11 heavy (non-hydrogen) atoms. The molecule has 2 heterocycles. The van der Waals surface area contributed by atoms with Crippen molar-refractivity contribution in [3.05, 3.63) is 5.32 Å². The van der Waals surface area contributed by atoms with Gasteiger partial charge in [0.1, 0.15) is 0 Å². The van der Waals surface area contributed by atoms with Gasteiger partial charge in [0, 0.05) is 31.6 Å². The third-order valence-corrected chi connectivity index (χ3v) is 2.81. The van der Waals surface area contributed by atoms with Crippen LogP contribution in [0.4, 0.5) is 0 Å². The minimum absolute atomic E-state index is 0. The number of hydrogen-bond acceptors (Lipinski definition) is 1. The van der Waals surface area contributed by atoms with Gasteiger partial charge in [0.2, 0.25) is 0 Å². The maximum atomic E-state index is 4.36. The summed E-state index contributed by atoms with van der Waals surface area (Å²) >= 11 is 0. The molecule has 0 unspecified atom stereocenters. The molecule has 63 valence electrons. The summed E-state index contributed by atoms with van der Waals surface area (Å²) in [6, 6.07) is 0. The SMILES string of the molecule is CN1CC2(CC[N-]CC2)C1.[V]. The van der Waals surface area contributed by atoms with Gasteiger partial charge in [-0.15, -0.1) is 13.1 Å². The fourth-order valence-electron chi connectivity index (χ4n) is 2.28. The largest absolute Gasteiger partial charge is 0.662 e. The third kappa shape index (κ3) is 1.81. The van der Waals surface area contributed by atoms with Crippen LogP contribution in [0.3, 0.4) is 0 Å². The second-order valence-corrected chi connectivity index (χ2v) is 3.84. The van der Waals surface area contributed by atoms with E-state index < -0.39 is 0 Å². The average molecular weight is 190 g/mol. The Bertz CT molecular complexity index is 117. The molecule has 2 rings (SSSR count). The monoisotopic (exact) mass is 190 g/mol. The molecule has 0 aromatic carbocycles. The summed E-state index contributed by atoms with van der Waals surface area (Å²) in [4.78, 5) is 2.41. The number of piperidine rings is 1. The van der Waals surface area contributed by atoms with Crippen molar-refractivity contribution in [2.75, 3.05) is 33.2 Å². The van der Waals surface area contributed by atoms with E-state index in [9.17, 15) is 0 Å². The second kappa shape index (κ2) is 3.48. The molecular formula is C8H15N2V-. The van der Waals surface area contributed by atoms with Gasteiger partial charge in [0.15, 0.2) is 0 Å². The Morgan fingerprint density at radius 1 is 1.18 bits per heavy atom. The summed E-state index contributed by atoms with van der Waals surface area (Å²) in [6.07, 6.45) is 2.69. The summed E-state index contributed by atoms with van der Waals surface area (Å²) in [6.45, 7) is 4.88. The molecule has 0 aromatic heterocycles. The number of likely N-dealkylation sites (tertiary alicyclic amines) is 1. The Hall–Kier alpha value is 0.504. The van der Waals surface area contributed by atoms with Gasteiger partial charge < -0.3 is 10.2 Å². The second-order valence-electron chi connectivity index (χ2n) is 3.84. The molecule has 2 aliphatic heterocycles. The van der Waals surface area contributed by atoms with E-state index in [1.54, 1.807) is 0 Å². The normalized spacial score (nSPS) is 29.2. The molecule has 2 nitrogen and oxygen atoms in total. The Kier molecular flexibility index (Phi) is 3.04. The van der Waals surface area contributed by atoms with Gasteiger partial charge in [-0.25, -0.2) is 0 Å². The first-order valence-corrected chi connectivity index (χ1v) is 4.13. The fourth-order valence-corrected chi connectivity index (χ4v) is 2.28. The predicted octanol–water partition coefficient (Wildman–Crippen LogP) is 1.08. The van der Waals surface area contributed by atoms with Crippen LogP contribution in [0.1, 0.15) is 12.8 Å². The quantitative estimate of drug-likeness (QED) is 0.558. The molecule has 2 aliphatic rings. The Morgan fingerprint density at radius 3 is 2.18 bits per heavy atom. The molecule has 0 atom stereocenters. The van der Waals surface area contributed by atoms with Crippen molar-refractivity contribution in [1.82, 2.24) is 4.90 Å². The van der Waals surface area contributed by atoms with Gasteiger partial charge >= 0.3 is 0 Å². The van der Waals surface area contributed by atoms with Crippen LogP contribution in [0.25, 0.3) is 5.32 Å². The third-order valence-electron chi connectivity index (χ3n) is 2.81. The molecule has 0 aromatic rings. The molecule has 0 bridgehead atoms. The van der Waals surface area contributed by atoms with E-state index in [-0.39, 0.29) is 18.6 Å². The van der Waals surface area contributed by atoms with Crippen molar-refractivity contribution in [3.63, 3.8) is 0 Å². The van der Waals surface area contributed by atoms with Gasteiger partial charge in [-0.2, -0.15) is 0 Å². The summed E-state index contributed by atoms with van der Waals surface area (Å²) in [7, 11) is 2.21. The zero-order valence-electron chi connectivity index (χ0n) is 7.08. The number of rotatable bonds is 0. The molecule has 0 aliphatic carbocycles. The van der Waals surface area contributed by atoms with Gasteiger partial charge in [0.25, 0.3) is 0 Å². The van der Waals surface area contributed by atoms with Crippen molar-refractivity contribution in [2.24, 2.45) is 5.41 Å². The molecule has 2 saturated heterocycles. The number of hydrogen-bond donors (Lipinski definition) is 0. The van der Waals surface area contributed by atoms with Gasteiger partial charge in [-0.05, 0) is 12.5 Å². The molecular weight excluding hydrogens is 175 g/mol. The zero-order valence-corrected chi connectivity index (χ0v) is 8.48. The van der Waals surface area contributed by atoms with E-state index in [1.807, 2.05) is 0 Å². The maximum absolute atomic E-state index is 4.36. The van der Waals surface area contributed by atoms with Crippen LogP contribution < -0.4 is 0 Å². The van der Waals surface area contributed by atoms with Crippen LogP contribution in [0.5, 0.6) is 0 Å². The molecule has 0 N–H and O–H groups in total. The van der Waals surface area contributed by atoms with Crippen molar-refractivity contribution in [2.45, 2.75) is 12.8 Å². The van der Waals surface area contributed by atoms with Gasteiger partial charge in [0.05, 0.1) is 0 Å². The zero-order chi connectivity index (χ0) is 7.03. The first-order chi connectivity index (χ1) is 4.81. The first kappa shape index (κ1) is 9.59.